The fourth-order valence-corrected chi connectivity index (χ4v) is 5.65. The van der Waals surface area contributed by atoms with E-state index in [-0.39, 0.29) is 17.4 Å². The first-order valence-corrected chi connectivity index (χ1v) is 11.3. The molecule has 1 aliphatic heterocycles. The lowest BCUT2D eigenvalue weighted by Gasteiger charge is -2.34. The molecule has 150 valence electrons. The minimum absolute atomic E-state index is 0.158. The summed E-state index contributed by atoms with van der Waals surface area (Å²) in [6.07, 6.45) is 0. The molecule has 1 amide bonds. The number of benzene rings is 1. The summed E-state index contributed by atoms with van der Waals surface area (Å²) in [5, 5.41) is 2.67. The van der Waals surface area contributed by atoms with Crippen LogP contribution in [0.25, 0.3) is 0 Å². The van der Waals surface area contributed by atoms with Gasteiger partial charge in [0.15, 0.2) is 0 Å². The number of aryl methyl sites for hydroxylation is 1. The van der Waals surface area contributed by atoms with Gasteiger partial charge in [-0.15, -0.1) is 0 Å². The summed E-state index contributed by atoms with van der Waals surface area (Å²) in [5.41, 5.74) is 0.954. The maximum Gasteiger partial charge on any atom is 0.328 e. The number of nitrogens with one attached hydrogen (secondary N) is 1. The van der Waals surface area contributed by atoms with Crippen molar-refractivity contribution in [1.82, 2.24) is 9.62 Å². The van der Waals surface area contributed by atoms with Crippen molar-refractivity contribution in [3.05, 3.63) is 29.8 Å². The molecule has 0 aliphatic carbocycles. The first-order valence-electron chi connectivity index (χ1n) is 8.73. The van der Waals surface area contributed by atoms with E-state index in [1.54, 1.807) is 38.1 Å². The number of esters is 1. The molecule has 1 N–H and O–H groups in total. The normalized spacial score (nSPS) is 19.5. The van der Waals surface area contributed by atoms with E-state index in [2.05, 4.69) is 5.32 Å². The van der Waals surface area contributed by atoms with Crippen molar-refractivity contribution in [3.63, 3.8) is 0 Å². The molecule has 0 saturated carbocycles. The molecule has 7 nitrogen and oxygen atoms in total. The summed E-state index contributed by atoms with van der Waals surface area (Å²) in [4.78, 5) is 24.9. The van der Waals surface area contributed by atoms with Gasteiger partial charge in [-0.2, -0.15) is 16.1 Å². The summed E-state index contributed by atoms with van der Waals surface area (Å²) in [7, 11) is -2.55. The highest BCUT2D eigenvalue weighted by atomic mass is 32.2. The molecule has 1 aliphatic rings. The zero-order chi connectivity index (χ0) is 20.2. The highest BCUT2D eigenvalue weighted by molar-refractivity contribution is 7.99. The number of sulfonamides is 1. The van der Waals surface area contributed by atoms with Gasteiger partial charge in [0.2, 0.25) is 15.9 Å². The fourth-order valence-electron chi connectivity index (χ4n) is 2.80. The molecule has 27 heavy (non-hydrogen) atoms. The number of methoxy groups -OCH3 is 1. The van der Waals surface area contributed by atoms with Gasteiger partial charge < -0.3 is 10.1 Å². The lowest BCUT2D eigenvalue weighted by Crippen LogP contribution is -2.57. The Morgan fingerprint density at radius 3 is 2.44 bits per heavy atom. The maximum atomic E-state index is 13.1. The van der Waals surface area contributed by atoms with Crippen LogP contribution in [0.4, 0.5) is 0 Å². The topological polar surface area (TPSA) is 92.8 Å². The van der Waals surface area contributed by atoms with E-state index in [4.69, 9.17) is 4.74 Å². The molecular formula is C18H26N2O5S2. The van der Waals surface area contributed by atoms with E-state index >= 15 is 0 Å². The summed E-state index contributed by atoms with van der Waals surface area (Å²) < 4.78 is 32.1. The van der Waals surface area contributed by atoms with Crippen LogP contribution in [-0.2, 0) is 24.3 Å². The van der Waals surface area contributed by atoms with Crippen LogP contribution in [0.2, 0.25) is 0 Å². The molecule has 9 heteroatoms. The van der Waals surface area contributed by atoms with Gasteiger partial charge in [-0.1, -0.05) is 31.5 Å². The van der Waals surface area contributed by atoms with Crippen LogP contribution in [0.3, 0.4) is 0 Å². The first-order chi connectivity index (χ1) is 12.7. The molecule has 1 heterocycles. The van der Waals surface area contributed by atoms with Crippen LogP contribution in [0.5, 0.6) is 0 Å². The Balaban J connectivity index is 2.27. The van der Waals surface area contributed by atoms with E-state index in [0.29, 0.717) is 11.5 Å². The second-order valence-corrected chi connectivity index (χ2v) is 9.81. The van der Waals surface area contributed by atoms with Crippen molar-refractivity contribution in [3.8, 4) is 0 Å². The third kappa shape index (κ3) is 5.03. The van der Waals surface area contributed by atoms with Gasteiger partial charge in [-0.05, 0) is 25.0 Å². The van der Waals surface area contributed by atoms with Crippen LogP contribution in [-0.4, -0.2) is 61.8 Å². The monoisotopic (exact) mass is 414 g/mol. The van der Waals surface area contributed by atoms with Gasteiger partial charge in [-0.25, -0.2) is 13.2 Å². The maximum absolute atomic E-state index is 13.1. The molecule has 0 bridgehead atoms. The van der Waals surface area contributed by atoms with E-state index in [0.717, 1.165) is 5.56 Å². The highest BCUT2D eigenvalue weighted by Crippen LogP contribution is 2.25. The molecule has 2 atom stereocenters. The van der Waals surface area contributed by atoms with Gasteiger partial charge in [0.25, 0.3) is 0 Å². The highest BCUT2D eigenvalue weighted by Gasteiger charge is 2.39. The molecule has 0 unspecified atom stereocenters. The average Bonchev–Trinajstić information content (AvgIpc) is 2.65. The SMILES string of the molecule is COC(=O)[C@H](NC(=O)[C@@H]1CSCCN1S(=O)(=O)c1ccc(C)cc1)C(C)C. The first kappa shape index (κ1) is 21.7. The van der Waals surface area contributed by atoms with E-state index < -0.39 is 34.0 Å². The van der Waals surface area contributed by atoms with E-state index in [1.807, 2.05) is 6.92 Å². The molecular weight excluding hydrogens is 388 g/mol. The number of amides is 1. The minimum Gasteiger partial charge on any atom is -0.467 e. The van der Waals surface area contributed by atoms with Crippen molar-refractivity contribution >= 4 is 33.7 Å². The predicted molar refractivity (Wildman–Crippen MR) is 105 cm³/mol. The Morgan fingerprint density at radius 2 is 1.89 bits per heavy atom. The Kier molecular flexibility index (Phi) is 7.30. The Hall–Kier alpha value is -1.58. The predicted octanol–water partition coefficient (Wildman–Crippen LogP) is 1.41. The summed E-state index contributed by atoms with van der Waals surface area (Å²) in [5.74, 6) is -0.265. The van der Waals surface area contributed by atoms with Gasteiger partial charge in [0.05, 0.1) is 12.0 Å². The second-order valence-electron chi connectivity index (χ2n) is 6.77. The minimum atomic E-state index is -3.81. The molecule has 1 fully saturated rings. The lowest BCUT2D eigenvalue weighted by atomic mass is 10.0. The van der Waals surface area contributed by atoms with Gasteiger partial charge in [0.1, 0.15) is 12.1 Å². The summed E-state index contributed by atoms with van der Waals surface area (Å²) in [6.45, 7) is 5.70. The number of carbonyl (C=O) groups excluding carboxylic acids is 2. The van der Waals surface area contributed by atoms with Crippen LogP contribution in [0.1, 0.15) is 19.4 Å². The Bertz CT molecular complexity index is 777. The molecule has 2 rings (SSSR count). The third-order valence-electron chi connectivity index (χ3n) is 4.43. The number of carbonyl (C=O) groups is 2. The molecule has 1 aromatic rings. The number of nitrogens with zero attached hydrogens (tertiary/aromatic N) is 1. The van der Waals surface area contributed by atoms with Crippen LogP contribution < -0.4 is 5.32 Å². The number of rotatable bonds is 6. The third-order valence-corrected chi connectivity index (χ3v) is 7.37. The van der Waals surface area contributed by atoms with Crippen molar-refractivity contribution in [2.75, 3.05) is 25.2 Å². The molecule has 0 spiro atoms. The number of hydrogen-bond acceptors (Lipinski definition) is 6. The van der Waals surface area contributed by atoms with Crippen molar-refractivity contribution < 1.29 is 22.7 Å². The van der Waals surface area contributed by atoms with Gasteiger partial charge in [-0.3, -0.25) is 4.79 Å². The molecule has 1 aromatic carbocycles. The molecule has 1 saturated heterocycles. The second kappa shape index (κ2) is 9.07. The fraction of sp³-hybridized carbons (Fsp3) is 0.556. The Morgan fingerprint density at radius 1 is 1.26 bits per heavy atom. The zero-order valence-electron chi connectivity index (χ0n) is 16.0. The summed E-state index contributed by atoms with van der Waals surface area (Å²) in [6, 6.07) is 4.86. The quantitative estimate of drug-likeness (QED) is 0.708. The van der Waals surface area contributed by atoms with Gasteiger partial charge >= 0.3 is 5.97 Å². The van der Waals surface area contributed by atoms with Crippen LogP contribution in [0, 0.1) is 12.8 Å². The van der Waals surface area contributed by atoms with Crippen molar-refractivity contribution in [1.29, 1.82) is 0 Å². The number of thioether (sulfide) groups is 1. The zero-order valence-corrected chi connectivity index (χ0v) is 17.6. The van der Waals surface area contributed by atoms with Crippen LogP contribution in [0.15, 0.2) is 29.2 Å². The van der Waals surface area contributed by atoms with Crippen LogP contribution >= 0.6 is 11.8 Å². The smallest absolute Gasteiger partial charge is 0.328 e. The van der Waals surface area contributed by atoms with Gasteiger partial charge in [0, 0.05) is 18.1 Å². The van der Waals surface area contributed by atoms with E-state index in [9.17, 15) is 18.0 Å². The van der Waals surface area contributed by atoms with Crippen molar-refractivity contribution in [2.24, 2.45) is 5.92 Å². The van der Waals surface area contributed by atoms with Crippen molar-refractivity contribution in [2.45, 2.75) is 37.8 Å². The lowest BCUT2D eigenvalue weighted by molar-refractivity contribution is -0.146. The number of hydrogen-bond donors (Lipinski definition) is 1. The largest absolute Gasteiger partial charge is 0.467 e. The Labute approximate surface area is 164 Å². The summed E-state index contributed by atoms with van der Waals surface area (Å²) >= 11 is 1.52. The standard InChI is InChI=1S/C18H26N2O5S2/c1-12(2)16(18(22)25-4)19-17(21)15-11-26-10-9-20(15)27(23,24)14-7-5-13(3)6-8-14/h5-8,12,15-16H,9-11H2,1-4H3,(H,19,21)/t15-,16+/m0/s1. The van der Waals surface area contributed by atoms with E-state index in [1.165, 1.54) is 23.2 Å². The number of ether oxygens (including phenoxy) is 1. The average molecular weight is 415 g/mol. The molecule has 0 aromatic heterocycles. The molecule has 0 radical (unpaired) electrons.